The molecule has 0 radical (unpaired) electrons. The SMILES string of the molecule is CO[C@@H]1CC[C@H](C)[C@]2(c3ccncc3)C[C@]12C(=O)Nc1ccc(-c2ccccc2F)c(Cl)c1. The molecule has 1 heterocycles. The van der Waals surface area contributed by atoms with Gasteiger partial charge in [-0.2, -0.15) is 0 Å². The molecule has 0 saturated heterocycles. The predicted octanol–water partition coefficient (Wildman–Crippen LogP) is 6.25. The molecule has 1 amide bonds. The number of ether oxygens (including phenoxy) is 1. The van der Waals surface area contributed by atoms with Gasteiger partial charge in [-0.1, -0.05) is 42.8 Å². The Morgan fingerprint density at radius 1 is 1.12 bits per heavy atom. The number of aromatic nitrogens is 1. The summed E-state index contributed by atoms with van der Waals surface area (Å²) in [5, 5.41) is 3.48. The van der Waals surface area contributed by atoms with Crippen LogP contribution in [0, 0.1) is 17.2 Å². The number of halogens is 2. The molecule has 0 bridgehead atoms. The van der Waals surface area contributed by atoms with Gasteiger partial charge in [0, 0.05) is 41.7 Å². The summed E-state index contributed by atoms with van der Waals surface area (Å²) < 4.78 is 20.1. The van der Waals surface area contributed by atoms with Crippen LogP contribution in [0.25, 0.3) is 11.1 Å². The minimum atomic E-state index is -0.655. The van der Waals surface area contributed by atoms with Crippen LogP contribution < -0.4 is 5.32 Å². The number of pyridine rings is 1. The number of rotatable bonds is 5. The molecule has 4 nitrogen and oxygen atoms in total. The van der Waals surface area contributed by atoms with E-state index in [9.17, 15) is 9.18 Å². The summed E-state index contributed by atoms with van der Waals surface area (Å²) in [7, 11) is 1.69. The molecule has 170 valence electrons. The van der Waals surface area contributed by atoms with E-state index in [0.29, 0.717) is 27.8 Å². The summed E-state index contributed by atoms with van der Waals surface area (Å²) in [6.45, 7) is 2.22. The number of anilines is 1. The first kappa shape index (κ1) is 22.1. The minimum absolute atomic E-state index is 0.0626. The van der Waals surface area contributed by atoms with Crippen LogP contribution in [0.2, 0.25) is 5.02 Å². The predicted molar refractivity (Wildman–Crippen MR) is 128 cm³/mol. The Hall–Kier alpha value is -2.76. The topological polar surface area (TPSA) is 51.2 Å². The number of methoxy groups -OCH3 is 1. The lowest BCUT2D eigenvalue weighted by atomic mass is 9.67. The molecule has 2 aliphatic rings. The number of nitrogens with one attached hydrogen (secondary N) is 1. The number of benzene rings is 2. The fraction of sp³-hybridized carbons (Fsp3) is 0.333. The van der Waals surface area contributed by atoms with Gasteiger partial charge in [-0.25, -0.2) is 4.39 Å². The van der Waals surface area contributed by atoms with Crippen LogP contribution in [0.3, 0.4) is 0 Å². The molecule has 4 atom stereocenters. The number of hydrogen-bond acceptors (Lipinski definition) is 3. The van der Waals surface area contributed by atoms with E-state index in [0.717, 1.165) is 24.8 Å². The average Bonchev–Trinajstić information content (AvgIpc) is 3.55. The van der Waals surface area contributed by atoms with Crippen molar-refractivity contribution >= 4 is 23.2 Å². The van der Waals surface area contributed by atoms with E-state index in [1.54, 1.807) is 55.9 Å². The van der Waals surface area contributed by atoms with E-state index in [4.69, 9.17) is 16.3 Å². The van der Waals surface area contributed by atoms with Crippen molar-refractivity contribution in [2.45, 2.75) is 37.7 Å². The molecule has 1 N–H and O–H groups in total. The van der Waals surface area contributed by atoms with Crippen LogP contribution >= 0.6 is 11.6 Å². The van der Waals surface area contributed by atoms with Crippen molar-refractivity contribution in [2.24, 2.45) is 11.3 Å². The lowest BCUT2D eigenvalue weighted by molar-refractivity contribution is -0.130. The Balaban J connectivity index is 1.47. The molecule has 2 aliphatic carbocycles. The summed E-state index contributed by atoms with van der Waals surface area (Å²) in [5.74, 6) is -0.0641. The molecule has 2 aromatic carbocycles. The summed E-state index contributed by atoms with van der Waals surface area (Å²) in [4.78, 5) is 18.0. The van der Waals surface area contributed by atoms with E-state index in [-0.39, 0.29) is 23.2 Å². The highest BCUT2D eigenvalue weighted by atomic mass is 35.5. The maximum Gasteiger partial charge on any atom is 0.234 e. The summed E-state index contributed by atoms with van der Waals surface area (Å²) in [5.41, 5.74) is 1.80. The molecule has 0 spiro atoms. The third kappa shape index (κ3) is 3.29. The van der Waals surface area contributed by atoms with Gasteiger partial charge in [-0.15, -0.1) is 0 Å². The highest BCUT2D eigenvalue weighted by Gasteiger charge is 2.78. The molecule has 6 heteroatoms. The van der Waals surface area contributed by atoms with E-state index in [1.807, 2.05) is 12.1 Å². The Labute approximate surface area is 198 Å². The zero-order valence-electron chi connectivity index (χ0n) is 18.6. The van der Waals surface area contributed by atoms with Gasteiger partial charge in [-0.05, 0) is 61.1 Å². The molecular formula is C27H26ClFN2O2. The van der Waals surface area contributed by atoms with E-state index in [1.165, 1.54) is 6.07 Å². The van der Waals surface area contributed by atoms with Crippen LogP contribution in [-0.2, 0) is 14.9 Å². The monoisotopic (exact) mass is 464 g/mol. The Bertz CT molecular complexity index is 1200. The lowest BCUT2D eigenvalue weighted by Crippen LogP contribution is -2.47. The number of carbonyl (C=O) groups excluding carboxylic acids is 1. The maximum atomic E-state index is 14.2. The number of nitrogens with zero attached hydrogens (tertiary/aromatic N) is 1. The normalized spacial score (nSPS) is 28.1. The van der Waals surface area contributed by atoms with Crippen molar-refractivity contribution in [2.75, 3.05) is 12.4 Å². The largest absolute Gasteiger partial charge is 0.380 e. The van der Waals surface area contributed by atoms with Crippen LogP contribution in [-0.4, -0.2) is 24.1 Å². The van der Waals surface area contributed by atoms with E-state index < -0.39 is 5.41 Å². The summed E-state index contributed by atoms with van der Waals surface area (Å²) in [6.07, 6.45) is 5.97. The van der Waals surface area contributed by atoms with Gasteiger partial charge in [0.2, 0.25) is 5.91 Å². The van der Waals surface area contributed by atoms with Gasteiger partial charge in [0.05, 0.1) is 16.5 Å². The molecule has 3 aromatic rings. The molecule has 2 saturated carbocycles. The summed E-state index contributed by atoms with van der Waals surface area (Å²) in [6, 6.07) is 15.7. The van der Waals surface area contributed by atoms with Gasteiger partial charge < -0.3 is 10.1 Å². The fourth-order valence-corrected chi connectivity index (χ4v) is 6.36. The van der Waals surface area contributed by atoms with Crippen LogP contribution in [0.1, 0.15) is 31.7 Å². The second kappa shape index (κ2) is 8.23. The smallest absolute Gasteiger partial charge is 0.234 e. The number of fused-ring (bicyclic) bond motifs is 1. The van der Waals surface area contributed by atoms with Crippen molar-refractivity contribution in [1.82, 2.24) is 4.98 Å². The minimum Gasteiger partial charge on any atom is -0.380 e. The van der Waals surface area contributed by atoms with Crippen molar-refractivity contribution in [3.63, 3.8) is 0 Å². The molecule has 0 aliphatic heterocycles. The number of carbonyl (C=O) groups is 1. The molecule has 0 unspecified atom stereocenters. The van der Waals surface area contributed by atoms with Gasteiger partial charge in [0.1, 0.15) is 5.82 Å². The zero-order valence-corrected chi connectivity index (χ0v) is 19.4. The van der Waals surface area contributed by atoms with Crippen molar-refractivity contribution in [1.29, 1.82) is 0 Å². The zero-order chi connectivity index (χ0) is 23.2. The van der Waals surface area contributed by atoms with Crippen molar-refractivity contribution < 1.29 is 13.9 Å². The molecule has 33 heavy (non-hydrogen) atoms. The first-order valence-corrected chi connectivity index (χ1v) is 11.6. The third-order valence-electron chi connectivity index (χ3n) is 7.76. The lowest BCUT2D eigenvalue weighted by Gasteiger charge is -2.40. The third-order valence-corrected chi connectivity index (χ3v) is 8.07. The van der Waals surface area contributed by atoms with E-state index >= 15 is 0 Å². The second-order valence-corrected chi connectivity index (χ2v) is 9.59. The molecule has 2 fully saturated rings. The molecule has 5 rings (SSSR count). The molecule has 1 aromatic heterocycles. The average molecular weight is 465 g/mol. The maximum absolute atomic E-state index is 14.2. The Kier molecular flexibility index (Phi) is 5.50. The van der Waals surface area contributed by atoms with Gasteiger partial charge in [0.25, 0.3) is 0 Å². The fourth-order valence-electron chi connectivity index (χ4n) is 6.08. The number of hydrogen-bond donors (Lipinski definition) is 1. The van der Waals surface area contributed by atoms with E-state index in [2.05, 4.69) is 17.2 Å². The Morgan fingerprint density at radius 3 is 2.58 bits per heavy atom. The van der Waals surface area contributed by atoms with Crippen LogP contribution in [0.15, 0.2) is 67.0 Å². The first-order chi connectivity index (χ1) is 15.9. The van der Waals surface area contributed by atoms with Crippen LogP contribution in [0.4, 0.5) is 10.1 Å². The highest BCUT2D eigenvalue weighted by Crippen LogP contribution is 2.74. The summed E-state index contributed by atoms with van der Waals surface area (Å²) >= 11 is 6.50. The molecular weight excluding hydrogens is 439 g/mol. The quantitative estimate of drug-likeness (QED) is 0.485. The Morgan fingerprint density at radius 2 is 1.88 bits per heavy atom. The highest BCUT2D eigenvalue weighted by molar-refractivity contribution is 6.33. The standard InChI is InChI=1S/C27H26ClFN2O2/c1-17-7-10-24(33-2)27(16-26(17,27)18-11-13-30-14-12-18)25(32)31-19-8-9-20(22(28)15-19)21-5-3-4-6-23(21)29/h3-6,8-9,11-15,17,24H,7,10,16H2,1-2H3,(H,31,32)/t17-,24+,26-,27+/m0/s1. The van der Waals surface area contributed by atoms with Crippen LogP contribution in [0.5, 0.6) is 0 Å². The van der Waals surface area contributed by atoms with Gasteiger partial charge in [-0.3, -0.25) is 9.78 Å². The van der Waals surface area contributed by atoms with Gasteiger partial charge in [0.15, 0.2) is 0 Å². The number of amides is 1. The van der Waals surface area contributed by atoms with Crippen molar-refractivity contribution in [3.05, 3.63) is 83.4 Å². The van der Waals surface area contributed by atoms with Gasteiger partial charge >= 0.3 is 0 Å². The first-order valence-electron chi connectivity index (χ1n) is 11.2. The second-order valence-electron chi connectivity index (χ2n) is 9.19. The van der Waals surface area contributed by atoms with Crippen molar-refractivity contribution in [3.8, 4) is 11.1 Å².